The number of fused-ring (bicyclic) bond motifs is 1. The van der Waals surface area contributed by atoms with Crippen LogP contribution in [-0.2, 0) is 17.8 Å². The van der Waals surface area contributed by atoms with Crippen molar-refractivity contribution in [2.24, 2.45) is 0 Å². The molecule has 0 fully saturated rings. The zero-order valence-electron chi connectivity index (χ0n) is 16.1. The minimum atomic E-state index is -0.105. The van der Waals surface area contributed by atoms with Gasteiger partial charge in [-0.1, -0.05) is 37.3 Å². The number of hydrogen-bond donors (Lipinski definition) is 2. The zero-order valence-corrected chi connectivity index (χ0v) is 16.9. The van der Waals surface area contributed by atoms with Gasteiger partial charge in [0, 0.05) is 24.4 Å². The number of benzene rings is 1. The van der Waals surface area contributed by atoms with E-state index in [1.807, 2.05) is 44.2 Å². The molecule has 0 bridgehead atoms. The maximum absolute atomic E-state index is 12.5. The summed E-state index contributed by atoms with van der Waals surface area (Å²) in [5.41, 5.74) is 2.61. The standard InChI is InChI=1S/C21H24N4O2S/c1-3-23-21(27)25-10-9-16-17(12-22)20(28-18(16)13-25)24-19(26)11-14(2)15-7-5-4-6-8-15/h4-8,14H,3,9-11,13H2,1-2H3,(H,23,27)(H,24,26). The number of hydrogen-bond acceptors (Lipinski definition) is 4. The number of amides is 3. The maximum atomic E-state index is 12.5. The van der Waals surface area contributed by atoms with E-state index >= 15 is 0 Å². The molecule has 146 valence electrons. The Morgan fingerprint density at radius 1 is 1.32 bits per heavy atom. The van der Waals surface area contributed by atoms with E-state index in [4.69, 9.17) is 0 Å². The minimum Gasteiger partial charge on any atom is -0.338 e. The third-order valence-corrected chi connectivity index (χ3v) is 6.03. The summed E-state index contributed by atoms with van der Waals surface area (Å²) >= 11 is 1.40. The van der Waals surface area contributed by atoms with Crippen LogP contribution in [0.15, 0.2) is 30.3 Å². The summed E-state index contributed by atoms with van der Waals surface area (Å²) in [5, 5.41) is 15.9. The van der Waals surface area contributed by atoms with E-state index < -0.39 is 0 Å². The van der Waals surface area contributed by atoms with Gasteiger partial charge in [0.05, 0.1) is 12.1 Å². The van der Waals surface area contributed by atoms with E-state index in [1.54, 1.807) is 4.90 Å². The molecule has 1 unspecified atom stereocenters. The lowest BCUT2D eigenvalue weighted by molar-refractivity contribution is -0.116. The second-order valence-electron chi connectivity index (χ2n) is 6.89. The highest BCUT2D eigenvalue weighted by molar-refractivity contribution is 7.16. The Bertz CT molecular complexity index is 901. The molecule has 7 heteroatoms. The van der Waals surface area contributed by atoms with Gasteiger partial charge < -0.3 is 15.5 Å². The Kier molecular flexibility index (Phi) is 6.32. The second kappa shape index (κ2) is 8.89. The maximum Gasteiger partial charge on any atom is 0.317 e. The average Bonchev–Trinajstić information content (AvgIpc) is 3.04. The van der Waals surface area contributed by atoms with Crippen LogP contribution in [0.2, 0.25) is 0 Å². The van der Waals surface area contributed by atoms with Crippen molar-refractivity contribution in [2.75, 3.05) is 18.4 Å². The fourth-order valence-corrected chi connectivity index (χ4v) is 4.63. The number of urea groups is 1. The van der Waals surface area contributed by atoms with E-state index in [2.05, 4.69) is 16.7 Å². The van der Waals surface area contributed by atoms with Gasteiger partial charge in [0.2, 0.25) is 5.91 Å². The van der Waals surface area contributed by atoms with Gasteiger partial charge in [0.1, 0.15) is 11.1 Å². The Morgan fingerprint density at radius 3 is 2.75 bits per heavy atom. The van der Waals surface area contributed by atoms with E-state index in [9.17, 15) is 14.9 Å². The van der Waals surface area contributed by atoms with Gasteiger partial charge in [0.25, 0.3) is 0 Å². The zero-order chi connectivity index (χ0) is 20.1. The van der Waals surface area contributed by atoms with Crippen molar-refractivity contribution in [3.8, 4) is 6.07 Å². The third-order valence-electron chi connectivity index (χ3n) is 4.90. The first kappa shape index (κ1) is 19.9. The molecule has 0 saturated carbocycles. The largest absolute Gasteiger partial charge is 0.338 e. The smallest absolute Gasteiger partial charge is 0.317 e. The summed E-state index contributed by atoms with van der Waals surface area (Å²) in [6, 6.07) is 12.1. The average molecular weight is 397 g/mol. The fourth-order valence-electron chi connectivity index (χ4n) is 3.40. The molecule has 1 atom stereocenters. The fraction of sp³-hybridized carbons (Fsp3) is 0.381. The first-order chi connectivity index (χ1) is 13.5. The molecule has 0 aliphatic carbocycles. The number of nitrogens with one attached hydrogen (secondary N) is 2. The van der Waals surface area contributed by atoms with Crippen LogP contribution < -0.4 is 10.6 Å². The van der Waals surface area contributed by atoms with Crippen LogP contribution in [0, 0.1) is 11.3 Å². The quantitative estimate of drug-likeness (QED) is 0.805. The molecule has 1 aromatic heterocycles. The molecule has 2 heterocycles. The highest BCUT2D eigenvalue weighted by atomic mass is 32.1. The van der Waals surface area contributed by atoms with Crippen molar-refractivity contribution < 1.29 is 9.59 Å². The van der Waals surface area contributed by atoms with Crippen molar-refractivity contribution in [1.82, 2.24) is 10.2 Å². The lowest BCUT2D eigenvalue weighted by atomic mass is 9.97. The SMILES string of the molecule is CCNC(=O)N1CCc2c(sc(NC(=O)CC(C)c3ccccc3)c2C#N)C1. The van der Waals surface area contributed by atoms with Gasteiger partial charge in [-0.3, -0.25) is 4.79 Å². The van der Waals surface area contributed by atoms with Crippen molar-refractivity contribution in [2.45, 2.75) is 39.2 Å². The van der Waals surface area contributed by atoms with Gasteiger partial charge in [0.15, 0.2) is 0 Å². The summed E-state index contributed by atoms with van der Waals surface area (Å²) in [6.45, 7) is 5.52. The second-order valence-corrected chi connectivity index (χ2v) is 8.00. The lowest BCUT2D eigenvalue weighted by Crippen LogP contribution is -2.42. The Hall–Kier alpha value is -2.85. The molecule has 0 spiro atoms. The number of nitrogens with zero attached hydrogens (tertiary/aromatic N) is 2. The van der Waals surface area contributed by atoms with Gasteiger partial charge in [-0.05, 0) is 30.4 Å². The van der Waals surface area contributed by atoms with Gasteiger partial charge in [-0.25, -0.2) is 4.79 Å². The summed E-state index contributed by atoms with van der Waals surface area (Å²) in [5.74, 6) is -0.0124. The summed E-state index contributed by atoms with van der Waals surface area (Å²) in [4.78, 5) is 27.3. The molecule has 2 N–H and O–H groups in total. The van der Waals surface area contributed by atoms with Gasteiger partial charge >= 0.3 is 6.03 Å². The highest BCUT2D eigenvalue weighted by Gasteiger charge is 2.27. The third kappa shape index (κ3) is 4.34. The lowest BCUT2D eigenvalue weighted by Gasteiger charge is -2.26. The number of anilines is 1. The van der Waals surface area contributed by atoms with E-state index in [0.29, 0.717) is 43.0 Å². The molecular weight excluding hydrogens is 372 g/mol. The molecule has 0 saturated heterocycles. The van der Waals surface area contributed by atoms with Gasteiger partial charge in [-0.2, -0.15) is 5.26 Å². The van der Waals surface area contributed by atoms with Crippen LogP contribution in [0.25, 0.3) is 0 Å². The van der Waals surface area contributed by atoms with Crippen LogP contribution in [-0.4, -0.2) is 29.9 Å². The number of nitriles is 1. The molecule has 3 amide bonds. The molecule has 1 aliphatic rings. The molecule has 3 rings (SSSR count). The summed E-state index contributed by atoms with van der Waals surface area (Å²) in [6.07, 6.45) is 0.977. The highest BCUT2D eigenvalue weighted by Crippen LogP contribution is 2.37. The first-order valence-electron chi connectivity index (χ1n) is 9.45. The van der Waals surface area contributed by atoms with Crippen molar-refractivity contribution in [3.63, 3.8) is 0 Å². The monoisotopic (exact) mass is 396 g/mol. The van der Waals surface area contributed by atoms with E-state index in [0.717, 1.165) is 16.0 Å². The number of rotatable bonds is 5. The van der Waals surface area contributed by atoms with Crippen LogP contribution in [0.4, 0.5) is 9.80 Å². The number of carbonyl (C=O) groups excluding carboxylic acids is 2. The molecular formula is C21H24N4O2S. The number of carbonyl (C=O) groups is 2. The van der Waals surface area contributed by atoms with E-state index in [1.165, 1.54) is 11.3 Å². The molecule has 28 heavy (non-hydrogen) atoms. The van der Waals surface area contributed by atoms with E-state index in [-0.39, 0.29) is 17.9 Å². The molecule has 1 aliphatic heterocycles. The topological polar surface area (TPSA) is 85.2 Å². The Balaban J connectivity index is 1.71. The minimum absolute atomic E-state index is 0.0922. The molecule has 2 aromatic rings. The van der Waals surface area contributed by atoms with Crippen molar-refractivity contribution >= 4 is 28.3 Å². The normalized spacial score (nSPS) is 14.0. The van der Waals surface area contributed by atoms with Crippen molar-refractivity contribution in [1.29, 1.82) is 5.26 Å². The molecule has 6 nitrogen and oxygen atoms in total. The molecule has 0 radical (unpaired) electrons. The van der Waals surface area contributed by atoms with Crippen LogP contribution in [0.3, 0.4) is 0 Å². The Morgan fingerprint density at radius 2 is 2.07 bits per heavy atom. The van der Waals surface area contributed by atoms with Crippen LogP contribution in [0.5, 0.6) is 0 Å². The van der Waals surface area contributed by atoms with Crippen LogP contribution >= 0.6 is 11.3 Å². The van der Waals surface area contributed by atoms with Gasteiger partial charge in [-0.15, -0.1) is 11.3 Å². The predicted octanol–water partition coefficient (Wildman–Crippen LogP) is 3.84. The first-order valence-corrected chi connectivity index (χ1v) is 10.3. The van der Waals surface area contributed by atoms with Crippen molar-refractivity contribution in [3.05, 3.63) is 51.9 Å². The Labute approximate surface area is 169 Å². The van der Waals surface area contributed by atoms with Crippen LogP contribution in [0.1, 0.15) is 47.8 Å². The predicted molar refractivity (Wildman–Crippen MR) is 110 cm³/mol. The molecule has 1 aromatic carbocycles. The number of thiophene rings is 1. The summed E-state index contributed by atoms with van der Waals surface area (Å²) < 4.78 is 0. The summed E-state index contributed by atoms with van der Waals surface area (Å²) in [7, 11) is 0.